The van der Waals surface area contributed by atoms with Crippen LogP contribution in [0.4, 0.5) is 13.2 Å². The molecule has 1 unspecified atom stereocenters. The lowest BCUT2D eigenvalue weighted by atomic mass is 10.1. The molecule has 0 aromatic rings. The molecule has 0 aromatic carbocycles. The molecule has 1 rings (SSSR count). The standard InChI is InChI=1S/C10H11F3O5S/c11-10(12,13)8(6-19(15,16)17)18-9(14)7-4-2-1-3-5-7/h1-2,5,8H,3-4,6H2,(H,15,16,17). The highest BCUT2D eigenvalue weighted by molar-refractivity contribution is 7.85. The van der Waals surface area contributed by atoms with Crippen LogP contribution in [0.2, 0.25) is 0 Å². The van der Waals surface area contributed by atoms with Crippen molar-refractivity contribution in [3.05, 3.63) is 23.8 Å². The molecule has 0 bridgehead atoms. The van der Waals surface area contributed by atoms with Crippen LogP contribution < -0.4 is 0 Å². The SMILES string of the molecule is O=C(OC(CS(=O)(=O)O)C(F)(F)F)C1=CCC=CC1. The lowest BCUT2D eigenvalue weighted by molar-refractivity contribution is -0.213. The highest BCUT2D eigenvalue weighted by Crippen LogP contribution is 2.25. The summed E-state index contributed by atoms with van der Waals surface area (Å²) in [6, 6.07) is 0. The summed E-state index contributed by atoms with van der Waals surface area (Å²) >= 11 is 0. The molecule has 0 aliphatic heterocycles. The van der Waals surface area contributed by atoms with Crippen LogP contribution in [0.15, 0.2) is 23.8 Å². The third-order valence-corrected chi connectivity index (χ3v) is 2.97. The van der Waals surface area contributed by atoms with Crippen LogP contribution in [0.1, 0.15) is 12.8 Å². The van der Waals surface area contributed by atoms with Crippen LogP contribution in [0, 0.1) is 0 Å². The molecule has 0 spiro atoms. The Morgan fingerprint density at radius 2 is 2.05 bits per heavy atom. The van der Waals surface area contributed by atoms with Crippen molar-refractivity contribution in [2.45, 2.75) is 25.1 Å². The number of allylic oxidation sites excluding steroid dienone is 3. The first-order chi connectivity index (χ1) is 8.59. The zero-order valence-corrected chi connectivity index (χ0v) is 10.4. The van der Waals surface area contributed by atoms with Gasteiger partial charge in [0.25, 0.3) is 10.1 Å². The molecule has 1 aliphatic rings. The second-order valence-corrected chi connectivity index (χ2v) is 5.32. The van der Waals surface area contributed by atoms with E-state index >= 15 is 0 Å². The summed E-state index contributed by atoms with van der Waals surface area (Å²) in [7, 11) is -4.91. The van der Waals surface area contributed by atoms with Gasteiger partial charge in [0.1, 0.15) is 5.75 Å². The van der Waals surface area contributed by atoms with E-state index in [0.29, 0.717) is 6.42 Å². The molecular formula is C10H11F3O5S. The number of esters is 1. The molecule has 1 aliphatic carbocycles. The summed E-state index contributed by atoms with van der Waals surface area (Å²) in [5, 5.41) is 0. The van der Waals surface area contributed by atoms with Gasteiger partial charge in [-0.3, -0.25) is 4.55 Å². The second-order valence-electron chi connectivity index (χ2n) is 3.82. The molecule has 0 aromatic heterocycles. The summed E-state index contributed by atoms with van der Waals surface area (Å²) < 4.78 is 71.0. The largest absolute Gasteiger partial charge is 0.448 e. The maximum atomic E-state index is 12.5. The van der Waals surface area contributed by atoms with Gasteiger partial charge in [0.05, 0.1) is 0 Å². The first-order valence-corrected chi connectivity index (χ1v) is 6.77. The van der Waals surface area contributed by atoms with E-state index in [-0.39, 0.29) is 12.0 Å². The Bertz CT molecular complexity index is 504. The summed E-state index contributed by atoms with van der Waals surface area (Å²) in [5.74, 6) is -2.96. The predicted molar refractivity (Wildman–Crippen MR) is 58.8 cm³/mol. The normalized spacial score (nSPS) is 17.8. The number of carbonyl (C=O) groups is 1. The van der Waals surface area contributed by atoms with Crippen LogP contribution in [-0.4, -0.2) is 37.0 Å². The van der Waals surface area contributed by atoms with Crippen LogP contribution in [0.5, 0.6) is 0 Å². The van der Waals surface area contributed by atoms with Crippen molar-refractivity contribution >= 4 is 16.1 Å². The number of ether oxygens (including phenoxy) is 1. The van der Waals surface area contributed by atoms with E-state index in [1.807, 2.05) is 0 Å². The van der Waals surface area contributed by atoms with Gasteiger partial charge >= 0.3 is 12.1 Å². The maximum absolute atomic E-state index is 12.5. The lowest BCUT2D eigenvalue weighted by Crippen LogP contribution is -2.39. The predicted octanol–water partition coefficient (Wildman–Crippen LogP) is 1.62. The highest BCUT2D eigenvalue weighted by atomic mass is 32.2. The number of hydrogen-bond donors (Lipinski definition) is 1. The smallest absolute Gasteiger partial charge is 0.426 e. The van der Waals surface area contributed by atoms with Gasteiger partial charge in [-0.25, -0.2) is 4.79 Å². The van der Waals surface area contributed by atoms with Gasteiger partial charge in [-0.1, -0.05) is 18.2 Å². The van der Waals surface area contributed by atoms with E-state index in [9.17, 15) is 26.4 Å². The summed E-state index contributed by atoms with van der Waals surface area (Å²) in [4.78, 5) is 11.4. The van der Waals surface area contributed by atoms with E-state index in [4.69, 9.17) is 4.55 Å². The first kappa shape index (κ1) is 15.7. The molecule has 0 amide bonds. The molecular weight excluding hydrogens is 289 g/mol. The summed E-state index contributed by atoms with van der Waals surface area (Å²) in [6.07, 6.45) is -2.76. The minimum absolute atomic E-state index is 0.0205. The van der Waals surface area contributed by atoms with Crippen molar-refractivity contribution in [2.75, 3.05) is 5.75 Å². The van der Waals surface area contributed by atoms with Crippen molar-refractivity contribution in [1.29, 1.82) is 0 Å². The second kappa shape index (κ2) is 5.74. The van der Waals surface area contributed by atoms with E-state index in [1.165, 1.54) is 6.08 Å². The molecule has 0 saturated carbocycles. The number of rotatable bonds is 4. The Kier molecular flexibility index (Phi) is 4.75. The Balaban J connectivity index is 2.78. The fraction of sp³-hybridized carbons (Fsp3) is 0.500. The lowest BCUT2D eigenvalue weighted by Gasteiger charge is -2.20. The third-order valence-electron chi connectivity index (χ3n) is 2.24. The molecule has 19 heavy (non-hydrogen) atoms. The van der Waals surface area contributed by atoms with Gasteiger partial charge in [-0.2, -0.15) is 21.6 Å². The molecule has 0 saturated heterocycles. The fourth-order valence-corrected chi connectivity index (χ4v) is 2.00. The fourth-order valence-electron chi connectivity index (χ4n) is 1.36. The van der Waals surface area contributed by atoms with E-state index < -0.39 is 34.1 Å². The Morgan fingerprint density at radius 3 is 2.47 bits per heavy atom. The zero-order chi connectivity index (χ0) is 14.7. The van der Waals surface area contributed by atoms with Gasteiger partial charge in [-0.15, -0.1) is 0 Å². The average Bonchev–Trinajstić information content (AvgIpc) is 2.26. The van der Waals surface area contributed by atoms with Gasteiger partial charge in [0, 0.05) is 5.57 Å². The summed E-state index contributed by atoms with van der Waals surface area (Å²) in [6.45, 7) is 0. The monoisotopic (exact) mass is 300 g/mol. The highest BCUT2D eigenvalue weighted by Gasteiger charge is 2.45. The van der Waals surface area contributed by atoms with Crippen LogP contribution in [0.3, 0.4) is 0 Å². The Hall–Kier alpha value is -1.35. The van der Waals surface area contributed by atoms with Crippen molar-refractivity contribution in [3.63, 3.8) is 0 Å². The van der Waals surface area contributed by atoms with Crippen LogP contribution in [0.25, 0.3) is 0 Å². The topological polar surface area (TPSA) is 80.7 Å². The van der Waals surface area contributed by atoms with Crippen LogP contribution >= 0.6 is 0 Å². The molecule has 0 radical (unpaired) electrons. The van der Waals surface area contributed by atoms with E-state index in [0.717, 1.165) is 0 Å². The molecule has 5 nitrogen and oxygen atoms in total. The molecule has 1 N–H and O–H groups in total. The molecule has 0 heterocycles. The third kappa shape index (κ3) is 5.43. The van der Waals surface area contributed by atoms with E-state index in [1.54, 1.807) is 12.2 Å². The van der Waals surface area contributed by atoms with Crippen molar-refractivity contribution in [2.24, 2.45) is 0 Å². The van der Waals surface area contributed by atoms with Gasteiger partial charge in [0.2, 0.25) is 6.10 Å². The minimum atomic E-state index is -5.07. The quantitative estimate of drug-likeness (QED) is 0.485. The number of hydrogen-bond acceptors (Lipinski definition) is 4. The maximum Gasteiger partial charge on any atom is 0.426 e. The number of carbonyl (C=O) groups excluding carboxylic acids is 1. The molecule has 9 heteroatoms. The Labute approximate surface area is 107 Å². The van der Waals surface area contributed by atoms with Gasteiger partial charge in [0.15, 0.2) is 0 Å². The van der Waals surface area contributed by atoms with Gasteiger partial charge in [-0.05, 0) is 12.8 Å². The molecule has 0 fully saturated rings. The van der Waals surface area contributed by atoms with Crippen molar-refractivity contribution in [1.82, 2.24) is 0 Å². The van der Waals surface area contributed by atoms with Crippen LogP contribution in [-0.2, 0) is 19.6 Å². The minimum Gasteiger partial charge on any atom is -0.448 e. The number of alkyl halides is 3. The Morgan fingerprint density at radius 1 is 1.42 bits per heavy atom. The first-order valence-electron chi connectivity index (χ1n) is 5.16. The zero-order valence-electron chi connectivity index (χ0n) is 9.55. The van der Waals surface area contributed by atoms with Gasteiger partial charge < -0.3 is 4.74 Å². The molecule has 108 valence electrons. The molecule has 1 atom stereocenters. The van der Waals surface area contributed by atoms with Crippen molar-refractivity contribution < 1.29 is 35.7 Å². The number of halogens is 3. The average molecular weight is 300 g/mol. The summed E-state index contributed by atoms with van der Waals surface area (Å²) in [5.41, 5.74) is 0.0205. The van der Waals surface area contributed by atoms with E-state index in [2.05, 4.69) is 4.74 Å². The van der Waals surface area contributed by atoms with Crippen molar-refractivity contribution in [3.8, 4) is 0 Å².